The number of hydrazine groups is 1. The quantitative estimate of drug-likeness (QED) is 0.590. The predicted octanol–water partition coefficient (Wildman–Crippen LogP) is 2.54. The lowest BCUT2D eigenvalue weighted by molar-refractivity contribution is 0.0659. The molecule has 1 heterocycles. The zero-order valence-corrected chi connectivity index (χ0v) is 9.94. The smallest absolute Gasteiger partial charge is 0.142 e. The lowest BCUT2D eigenvalue weighted by Gasteiger charge is -2.37. The Morgan fingerprint density at radius 3 is 2.88 bits per heavy atom. The number of nitrogens with one attached hydrogen (secondary N) is 1. The Hall–Kier alpha value is -0.840. The van der Waals surface area contributed by atoms with Gasteiger partial charge in [0.2, 0.25) is 0 Å². The summed E-state index contributed by atoms with van der Waals surface area (Å²) in [6.07, 6.45) is 0.678. The van der Waals surface area contributed by atoms with Crippen LogP contribution in [0.3, 0.4) is 0 Å². The highest BCUT2D eigenvalue weighted by Gasteiger charge is 2.33. The van der Waals surface area contributed by atoms with Crippen LogP contribution in [0.4, 0.5) is 4.39 Å². The normalized spacial score (nSPS) is 22.4. The van der Waals surface area contributed by atoms with Crippen LogP contribution in [-0.2, 0) is 0 Å². The molecule has 1 aromatic rings. The van der Waals surface area contributed by atoms with E-state index in [-0.39, 0.29) is 16.7 Å². The molecule has 1 unspecified atom stereocenters. The van der Waals surface area contributed by atoms with E-state index < -0.39 is 5.82 Å². The molecule has 2 rings (SSSR count). The first kappa shape index (κ1) is 11.6. The van der Waals surface area contributed by atoms with Crippen LogP contribution in [0.15, 0.2) is 12.1 Å². The van der Waals surface area contributed by atoms with Gasteiger partial charge in [0.15, 0.2) is 0 Å². The fraction of sp³-hybridized carbons (Fsp3) is 0.455. The summed E-state index contributed by atoms with van der Waals surface area (Å²) < 4.78 is 19.1. The number of halogens is 2. The van der Waals surface area contributed by atoms with E-state index in [4.69, 9.17) is 22.2 Å². The van der Waals surface area contributed by atoms with Gasteiger partial charge in [-0.25, -0.2) is 4.39 Å². The Morgan fingerprint density at radius 1 is 1.56 bits per heavy atom. The molecule has 1 atom stereocenters. The minimum Gasteiger partial charge on any atom is -0.487 e. The molecule has 0 aromatic heterocycles. The van der Waals surface area contributed by atoms with Gasteiger partial charge in [-0.1, -0.05) is 11.6 Å². The number of ether oxygens (including phenoxy) is 1. The van der Waals surface area contributed by atoms with Crippen molar-refractivity contribution in [3.05, 3.63) is 28.5 Å². The lowest BCUT2D eigenvalue weighted by Crippen LogP contribution is -2.41. The van der Waals surface area contributed by atoms with Gasteiger partial charge >= 0.3 is 0 Å². The van der Waals surface area contributed by atoms with E-state index in [2.05, 4.69) is 5.43 Å². The standard InChI is InChI=1S/C11H14ClFN2O/c1-11(2)5-9(15-14)6-3-8(13)7(12)4-10(6)16-11/h3-4,9,15H,5,14H2,1-2H3. The van der Waals surface area contributed by atoms with Gasteiger partial charge in [0, 0.05) is 18.1 Å². The van der Waals surface area contributed by atoms with Crippen LogP contribution in [0, 0.1) is 5.82 Å². The molecule has 3 nitrogen and oxygen atoms in total. The third-order valence-electron chi connectivity index (χ3n) is 2.71. The van der Waals surface area contributed by atoms with E-state index in [9.17, 15) is 4.39 Å². The predicted molar refractivity (Wildman–Crippen MR) is 60.8 cm³/mol. The first-order chi connectivity index (χ1) is 7.43. The molecule has 0 fully saturated rings. The highest BCUT2D eigenvalue weighted by molar-refractivity contribution is 6.30. The summed E-state index contributed by atoms with van der Waals surface area (Å²) in [7, 11) is 0. The fourth-order valence-corrected chi connectivity index (χ4v) is 2.15. The van der Waals surface area contributed by atoms with Gasteiger partial charge in [-0.3, -0.25) is 11.3 Å². The second-order valence-electron chi connectivity index (χ2n) is 4.59. The van der Waals surface area contributed by atoms with Gasteiger partial charge in [-0.2, -0.15) is 0 Å². The summed E-state index contributed by atoms with van der Waals surface area (Å²) in [6.45, 7) is 3.91. The maximum atomic E-state index is 13.4. The molecule has 16 heavy (non-hydrogen) atoms. The first-order valence-electron chi connectivity index (χ1n) is 5.07. The van der Waals surface area contributed by atoms with Crippen LogP contribution in [0.1, 0.15) is 31.9 Å². The highest BCUT2D eigenvalue weighted by Crippen LogP contribution is 2.41. The largest absolute Gasteiger partial charge is 0.487 e. The topological polar surface area (TPSA) is 47.3 Å². The molecule has 0 radical (unpaired) electrons. The first-order valence-corrected chi connectivity index (χ1v) is 5.45. The third-order valence-corrected chi connectivity index (χ3v) is 3.00. The van der Waals surface area contributed by atoms with Gasteiger partial charge in [-0.05, 0) is 19.9 Å². The second-order valence-corrected chi connectivity index (χ2v) is 5.00. The molecular formula is C11H14ClFN2O. The summed E-state index contributed by atoms with van der Waals surface area (Å²) in [5.41, 5.74) is 3.04. The summed E-state index contributed by atoms with van der Waals surface area (Å²) in [4.78, 5) is 0. The van der Waals surface area contributed by atoms with E-state index in [0.717, 1.165) is 0 Å². The third kappa shape index (κ3) is 2.00. The Labute approximate surface area is 98.7 Å². The van der Waals surface area contributed by atoms with E-state index in [1.165, 1.54) is 12.1 Å². The number of fused-ring (bicyclic) bond motifs is 1. The van der Waals surface area contributed by atoms with Crippen molar-refractivity contribution in [2.45, 2.75) is 31.9 Å². The van der Waals surface area contributed by atoms with Crippen LogP contribution < -0.4 is 16.0 Å². The fourth-order valence-electron chi connectivity index (χ4n) is 1.99. The van der Waals surface area contributed by atoms with Crippen molar-refractivity contribution in [2.75, 3.05) is 0 Å². The molecule has 1 aliphatic rings. The van der Waals surface area contributed by atoms with Gasteiger partial charge in [0.1, 0.15) is 17.2 Å². The van der Waals surface area contributed by atoms with Crippen LogP contribution in [0.2, 0.25) is 5.02 Å². The molecule has 0 saturated carbocycles. The molecule has 0 saturated heterocycles. The van der Waals surface area contributed by atoms with Crippen LogP contribution in [0.5, 0.6) is 5.75 Å². The molecule has 0 spiro atoms. The number of benzene rings is 1. The number of hydrogen-bond acceptors (Lipinski definition) is 3. The molecule has 88 valence electrons. The van der Waals surface area contributed by atoms with Crippen molar-refractivity contribution in [3.8, 4) is 5.75 Å². The average molecular weight is 245 g/mol. The maximum Gasteiger partial charge on any atom is 0.142 e. The molecule has 1 aromatic carbocycles. The molecule has 5 heteroatoms. The Morgan fingerprint density at radius 2 is 2.25 bits per heavy atom. The number of nitrogens with two attached hydrogens (primary N) is 1. The van der Waals surface area contributed by atoms with E-state index in [0.29, 0.717) is 17.7 Å². The van der Waals surface area contributed by atoms with Crippen molar-refractivity contribution >= 4 is 11.6 Å². The molecule has 0 bridgehead atoms. The van der Waals surface area contributed by atoms with Crippen molar-refractivity contribution in [1.29, 1.82) is 0 Å². The van der Waals surface area contributed by atoms with E-state index in [1.54, 1.807) is 0 Å². The Kier molecular flexibility index (Phi) is 2.82. The molecule has 0 aliphatic carbocycles. The minimum absolute atomic E-state index is 0.0622. The summed E-state index contributed by atoms with van der Waals surface area (Å²) in [6, 6.07) is 2.75. The highest BCUT2D eigenvalue weighted by atomic mass is 35.5. The van der Waals surface area contributed by atoms with Crippen LogP contribution >= 0.6 is 11.6 Å². The van der Waals surface area contributed by atoms with Crippen molar-refractivity contribution in [1.82, 2.24) is 5.43 Å². The molecular weight excluding hydrogens is 231 g/mol. The SMILES string of the molecule is CC1(C)CC(NN)c2cc(F)c(Cl)cc2O1. The van der Waals surface area contributed by atoms with Gasteiger partial charge in [-0.15, -0.1) is 0 Å². The van der Waals surface area contributed by atoms with Gasteiger partial charge in [0.05, 0.1) is 11.1 Å². The van der Waals surface area contributed by atoms with Crippen molar-refractivity contribution in [3.63, 3.8) is 0 Å². The second kappa shape index (κ2) is 3.87. The average Bonchev–Trinajstić information content (AvgIpc) is 2.18. The Balaban J connectivity index is 2.50. The van der Waals surface area contributed by atoms with Gasteiger partial charge in [0.25, 0.3) is 0 Å². The summed E-state index contributed by atoms with van der Waals surface area (Å²) in [5.74, 6) is 5.60. The monoisotopic (exact) mass is 244 g/mol. The zero-order valence-electron chi connectivity index (χ0n) is 9.18. The summed E-state index contributed by atoms with van der Waals surface area (Å²) >= 11 is 5.72. The lowest BCUT2D eigenvalue weighted by atomic mass is 9.90. The van der Waals surface area contributed by atoms with Crippen LogP contribution in [-0.4, -0.2) is 5.60 Å². The number of hydrogen-bond donors (Lipinski definition) is 2. The maximum absolute atomic E-state index is 13.4. The zero-order chi connectivity index (χ0) is 11.9. The van der Waals surface area contributed by atoms with Gasteiger partial charge < -0.3 is 4.74 Å². The summed E-state index contributed by atoms with van der Waals surface area (Å²) in [5, 5.41) is 0.0622. The molecule has 1 aliphatic heterocycles. The van der Waals surface area contributed by atoms with Crippen LogP contribution in [0.25, 0.3) is 0 Å². The van der Waals surface area contributed by atoms with Crippen molar-refractivity contribution in [2.24, 2.45) is 5.84 Å². The molecule has 3 N–H and O–H groups in total. The van der Waals surface area contributed by atoms with E-state index >= 15 is 0 Å². The molecule has 0 amide bonds. The van der Waals surface area contributed by atoms with Crippen molar-refractivity contribution < 1.29 is 9.13 Å². The van der Waals surface area contributed by atoms with E-state index in [1.807, 2.05) is 13.8 Å². The minimum atomic E-state index is -0.455. The Bertz CT molecular complexity index is 423. The number of rotatable bonds is 1.